The van der Waals surface area contributed by atoms with Crippen LogP contribution in [-0.2, 0) is 19.1 Å². The highest BCUT2D eigenvalue weighted by Gasteiger charge is 1.81. The highest BCUT2D eigenvalue weighted by atomic mass is 16.5. The Balaban J connectivity index is -0.000000160. The molecule has 0 heterocycles. The summed E-state index contributed by atoms with van der Waals surface area (Å²) in [4.78, 5) is 28.3. The first-order chi connectivity index (χ1) is 7.31. The maximum Gasteiger partial charge on any atom is 0.327 e. The zero-order chi connectivity index (χ0) is 13.6. The Labute approximate surface area is 93.8 Å². The Hall–Kier alpha value is -2.11. The lowest BCUT2D eigenvalue weighted by molar-refractivity contribution is -0.140. The number of carboxylic acids is 2. The lowest BCUT2D eigenvalue weighted by Gasteiger charge is -1.89. The van der Waals surface area contributed by atoms with Gasteiger partial charge in [-0.1, -0.05) is 13.2 Å². The maximum absolute atomic E-state index is 9.82. The number of carboxylic acid groups (broad SMARTS) is 2. The molecular formula is C10H16O6. The van der Waals surface area contributed by atoms with Gasteiger partial charge < -0.3 is 14.9 Å². The van der Waals surface area contributed by atoms with Gasteiger partial charge in [0.15, 0.2) is 0 Å². The van der Waals surface area contributed by atoms with Gasteiger partial charge in [-0.2, -0.15) is 0 Å². The second-order valence-electron chi connectivity index (χ2n) is 2.01. The van der Waals surface area contributed by atoms with E-state index in [9.17, 15) is 14.4 Å². The molecule has 92 valence electrons. The Morgan fingerprint density at radius 2 is 1.38 bits per heavy atom. The number of carbonyl (C=O) groups is 3. The molecule has 0 radical (unpaired) electrons. The summed E-state index contributed by atoms with van der Waals surface area (Å²) in [6.07, 6.45) is 1.67. The minimum absolute atomic E-state index is 0.211. The SMILES string of the molecule is C=CC(=O)O.C=CC(=O)O.CCOC(C)=O. The molecule has 0 saturated carbocycles. The molecule has 2 N–H and O–H groups in total. The van der Waals surface area contributed by atoms with Crippen LogP contribution < -0.4 is 0 Å². The van der Waals surface area contributed by atoms with Crippen molar-refractivity contribution in [3.63, 3.8) is 0 Å². The van der Waals surface area contributed by atoms with Gasteiger partial charge in [0.25, 0.3) is 0 Å². The smallest absolute Gasteiger partial charge is 0.327 e. The largest absolute Gasteiger partial charge is 0.478 e. The van der Waals surface area contributed by atoms with Crippen molar-refractivity contribution >= 4 is 17.9 Å². The summed E-state index contributed by atoms with van der Waals surface area (Å²) < 4.78 is 4.40. The Morgan fingerprint density at radius 1 is 1.12 bits per heavy atom. The molecule has 0 aliphatic heterocycles. The van der Waals surface area contributed by atoms with E-state index >= 15 is 0 Å². The summed E-state index contributed by atoms with van der Waals surface area (Å²) in [6.45, 7) is 9.57. The van der Waals surface area contributed by atoms with E-state index in [1.54, 1.807) is 6.92 Å². The zero-order valence-electron chi connectivity index (χ0n) is 9.30. The Morgan fingerprint density at radius 3 is 1.38 bits per heavy atom. The molecule has 0 aromatic heterocycles. The van der Waals surface area contributed by atoms with Crippen LogP contribution in [0.25, 0.3) is 0 Å². The second kappa shape index (κ2) is 15.4. The van der Waals surface area contributed by atoms with E-state index < -0.39 is 11.9 Å². The molecule has 0 spiro atoms. The topological polar surface area (TPSA) is 101 Å². The van der Waals surface area contributed by atoms with Crippen molar-refractivity contribution in [1.82, 2.24) is 0 Å². The monoisotopic (exact) mass is 232 g/mol. The van der Waals surface area contributed by atoms with Crippen LogP contribution in [0.1, 0.15) is 13.8 Å². The Bertz CT molecular complexity index is 226. The number of rotatable bonds is 3. The molecule has 0 bridgehead atoms. The van der Waals surface area contributed by atoms with Crippen LogP contribution in [0.5, 0.6) is 0 Å². The summed E-state index contributed by atoms with van der Waals surface area (Å²) in [6, 6.07) is 0. The highest BCUT2D eigenvalue weighted by Crippen LogP contribution is 1.69. The average molecular weight is 232 g/mol. The van der Waals surface area contributed by atoms with Gasteiger partial charge >= 0.3 is 17.9 Å². The molecule has 0 aliphatic carbocycles. The molecule has 0 unspecified atom stereocenters. The number of ether oxygens (including phenoxy) is 1. The van der Waals surface area contributed by atoms with Crippen LogP contribution in [0.3, 0.4) is 0 Å². The molecule has 0 saturated heterocycles. The summed E-state index contributed by atoms with van der Waals surface area (Å²) in [7, 11) is 0. The lowest BCUT2D eigenvalue weighted by Crippen LogP contribution is -1.95. The standard InChI is InChI=1S/C4H8O2.2C3H4O2/c1-3-6-4(2)5;2*1-2-3(4)5/h3H2,1-2H3;2*2H,1H2,(H,4,5). The highest BCUT2D eigenvalue weighted by molar-refractivity contribution is 5.79. The van der Waals surface area contributed by atoms with Gasteiger partial charge in [0.1, 0.15) is 0 Å². The van der Waals surface area contributed by atoms with Crippen molar-refractivity contribution in [3.05, 3.63) is 25.3 Å². The fraction of sp³-hybridized carbons (Fsp3) is 0.300. The van der Waals surface area contributed by atoms with E-state index in [0.717, 1.165) is 12.2 Å². The van der Waals surface area contributed by atoms with Crippen molar-refractivity contribution in [1.29, 1.82) is 0 Å². The predicted molar refractivity (Wildman–Crippen MR) is 58.0 cm³/mol. The van der Waals surface area contributed by atoms with Crippen molar-refractivity contribution in [2.45, 2.75) is 13.8 Å². The molecule has 0 aliphatic rings. The van der Waals surface area contributed by atoms with Crippen molar-refractivity contribution in [2.75, 3.05) is 6.61 Å². The maximum atomic E-state index is 9.82. The summed E-state index contributed by atoms with van der Waals surface area (Å²) in [5.41, 5.74) is 0. The predicted octanol–water partition coefficient (Wildman–Crippen LogP) is 1.08. The molecule has 0 aromatic rings. The third-order valence-corrected chi connectivity index (χ3v) is 0.697. The van der Waals surface area contributed by atoms with Gasteiger partial charge in [-0.25, -0.2) is 9.59 Å². The fourth-order valence-electron chi connectivity index (χ4n) is 0.203. The fourth-order valence-corrected chi connectivity index (χ4v) is 0.203. The molecule has 6 nitrogen and oxygen atoms in total. The molecule has 6 heteroatoms. The van der Waals surface area contributed by atoms with Crippen molar-refractivity contribution in [2.24, 2.45) is 0 Å². The van der Waals surface area contributed by atoms with E-state index in [-0.39, 0.29) is 5.97 Å². The van der Waals surface area contributed by atoms with Crippen LogP contribution in [0.4, 0.5) is 0 Å². The molecule has 0 aromatic carbocycles. The first kappa shape index (κ1) is 19.5. The summed E-state index contributed by atoms with van der Waals surface area (Å²) >= 11 is 0. The van der Waals surface area contributed by atoms with E-state index in [0.29, 0.717) is 6.61 Å². The average Bonchev–Trinajstić information content (AvgIpc) is 2.19. The molecule has 0 atom stereocenters. The van der Waals surface area contributed by atoms with Gasteiger partial charge in [0.2, 0.25) is 0 Å². The summed E-state index contributed by atoms with van der Waals surface area (Å²) in [5.74, 6) is -2.17. The van der Waals surface area contributed by atoms with Crippen LogP contribution >= 0.6 is 0 Å². The van der Waals surface area contributed by atoms with Crippen LogP contribution in [-0.4, -0.2) is 34.7 Å². The first-order valence-electron chi connectivity index (χ1n) is 4.15. The van der Waals surface area contributed by atoms with Crippen molar-refractivity contribution in [3.8, 4) is 0 Å². The molecule has 16 heavy (non-hydrogen) atoms. The van der Waals surface area contributed by atoms with Gasteiger partial charge in [-0.3, -0.25) is 4.79 Å². The second-order valence-corrected chi connectivity index (χ2v) is 2.01. The number of carbonyl (C=O) groups excluding carboxylic acids is 1. The minimum atomic E-state index is -0.981. The van der Waals surface area contributed by atoms with Crippen LogP contribution in [0, 0.1) is 0 Å². The van der Waals surface area contributed by atoms with Crippen LogP contribution in [0.2, 0.25) is 0 Å². The third kappa shape index (κ3) is 59.0. The van der Waals surface area contributed by atoms with Gasteiger partial charge in [-0.15, -0.1) is 0 Å². The van der Waals surface area contributed by atoms with Gasteiger partial charge in [0.05, 0.1) is 6.61 Å². The normalized spacial score (nSPS) is 6.88. The van der Waals surface area contributed by atoms with E-state index in [1.165, 1.54) is 6.92 Å². The van der Waals surface area contributed by atoms with E-state index in [4.69, 9.17) is 10.2 Å². The Kier molecular flexibility index (Phi) is 18.7. The minimum Gasteiger partial charge on any atom is -0.478 e. The summed E-state index contributed by atoms with van der Waals surface area (Å²) in [5, 5.41) is 15.2. The van der Waals surface area contributed by atoms with E-state index in [1.807, 2.05) is 0 Å². The first-order valence-corrected chi connectivity index (χ1v) is 4.15. The van der Waals surface area contributed by atoms with Gasteiger partial charge in [-0.05, 0) is 6.92 Å². The number of aliphatic carboxylic acids is 2. The molecule has 0 fully saturated rings. The number of hydrogen-bond acceptors (Lipinski definition) is 4. The quantitative estimate of drug-likeness (QED) is 0.557. The molecule has 0 amide bonds. The van der Waals surface area contributed by atoms with Crippen molar-refractivity contribution < 1.29 is 29.3 Å². The molecular weight excluding hydrogens is 216 g/mol. The molecule has 0 rings (SSSR count). The number of hydrogen-bond donors (Lipinski definition) is 2. The van der Waals surface area contributed by atoms with Crippen LogP contribution in [0.15, 0.2) is 25.3 Å². The third-order valence-electron chi connectivity index (χ3n) is 0.697. The lowest BCUT2D eigenvalue weighted by atomic mass is 10.7. The van der Waals surface area contributed by atoms with E-state index in [2.05, 4.69) is 17.9 Å². The zero-order valence-corrected chi connectivity index (χ0v) is 9.30. The number of esters is 1. The van der Waals surface area contributed by atoms with Gasteiger partial charge in [0, 0.05) is 19.1 Å².